The van der Waals surface area contributed by atoms with Crippen molar-refractivity contribution in [3.63, 3.8) is 0 Å². The van der Waals surface area contributed by atoms with E-state index in [4.69, 9.17) is 0 Å². The Hall–Kier alpha value is -1.69. The molecule has 0 bridgehead atoms. The summed E-state index contributed by atoms with van der Waals surface area (Å²) in [5.41, 5.74) is 1.37. The highest BCUT2D eigenvalue weighted by Gasteiger charge is 2.41. The van der Waals surface area contributed by atoms with Gasteiger partial charge in [-0.25, -0.2) is 9.69 Å². The van der Waals surface area contributed by atoms with Crippen LogP contribution in [-0.2, 0) is 9.59 Å². The number of imide groups is 2. The number of carbonyl (C=O) groups excluding carboxylic acids is 3. The number of amides is 4. The van der Waals surface area contributed by atoms with Crippen LogP contribution < -0.4 is 10.2 Å². The van der Waals surface area contributed by atoms with E-state index in [0.29, 0.717) is 23.0 Å². The van der Waals surface area contributed by atoms with Gasteiger partial charge in [0.05, 0.1) is 5.69 Å². The molecule has 0 saturated carbocycles. The maximum atomic E-state index is 12.4. The molecule has 2 rings (SSSR count). The van der Waals surface area contributed by atoms with Gasteiger partial charge in [0.25, 0.3) is 0 Å². The highest BCUT2D eigenvalue weighted by molar-refractivity contribution is 9.10. The Morgan fingerprint density at radius 1 is 1.30 bits per heavy atom. The van der Waals surface area contributed by atoms with Gasteiger partial charge in [-0.05, 0) is 40.9 Å². The number of rotatable bonds is 3. The van der Waals surface area contributed by atoms with Gasteiger partial charge in [-0.2, -0.15) is 0 Å². The maximum Gasteiger partial charge on any atom is 0.335 e. The Morgan fingerprint density at radius 3 is 2.65 bits per heavy atom. The lowest BCUT2D eigenvalue weighted by atomic mass is 9.98. The Labute approximate surface area is 125 Å². The Morgan fingerprint density at radius 2 is 2.00 bits per heavy atom. The second-order valence-electron chi connectivity index (χ2n) is 4.72. The smallest absolute Gasteiger partial charge is 0.277 e. The van der Waals surface area contributed by atoms with E-state index in [9.17, 15) is 14.4 Å². The standard InChI is InChI=1S/C14H15BrN2O3/c1-3-5-9-12(18)16-14(20)17(13(9)19)10-7-4-6-8(2)11(10)15/h4,6-7,9H,3,5H2,1-2H3,(H,16,18,20). The normalized spacial score (nSPS) is 19.2. The number of hydrogen-bond acceptors (Lipinski definition) is 3. The van der Waals surface area contributed by atoms with Crippen molar-refractivity contribution < 1.29 is 14.4 Å². The number of anilines is 1. The third-order valence-electron chi connectivity index (χ3n) is 3.26. The van der Waals surface area contributed by atoms with E-state index in [1.54, 1.807) is 12.1 Å². The van der Waals surface area contributed by atoms with Crippen molar-refractivity contribution >= 4 is 39.5 Å². The number of hydrogen-bond donors (Lipinski definition) is 1. The number of urea groups is 1. The van der Waals surface area contributed by atoms with Gasteiger partial charge in [0.1, 0.15) is 5.92 Å². The van der Waals surface area contributed by atoms with Crippen LogP contribution in [-0.4, -0.2) is 17.8 Å². The van der Waals surface area contributed by atoms with Gasteiger partial charge in [-0.1, -0.05) is 25.5 Å². The molecule has 6 heteroatoms. The van der Waals surface area contributed by atoms with Crippen molar-refractivity contribution in [2.45, 2.75) is 26.7 Å². The van der Waals surface area contributed by atoms with Crippen molar-refractivity contribution in [3.05, 3.63) is 28.2 Å². The van der Waals surface area contributed by atoms with E-state index in [0.717, 1.165) is 10.5 Å². The number of benzene rings is 1. The quantitative estimate of drug-likeness (QED) is 0.861. The Kier molecular flexibility index (Phi) is 4.23. The molecule has 1 aromatic rings. The average molecular weight is 339 g/mol. The first-order chi connectivity index (χ1) is 9.47. The van der Waals surface area contributed by atoms with Crippen LogP contribution in [0.25, 0.3) is 0 Å². The molecule has 106 valence electrons. The zero-order chi connectivity index (χ0) is 14.9. The molecule has 1 unspecified atom stereocenters. The number of barbiturate groups is 1. The van der Waals surface area contributed by atoms with Gasteiger partial charge in [-0.15, -0.1) is 0 Å². The molecule has 1 heterocycles. The third kappa shape index (κ3) is 2.47. The van der Waals surface area contributed by atoms with Crippen LogP contribution in [0, 0.1) is 12.8 Å². The second kappa shape index (κ2) is 5.75. The molecular weight excluding hydrogens is 324 g/mol. The van der Waals surface area contributed by atoms with E-state index in [1.807, 2.05) is 19.9 Å². The van der Waals surface area contributed by atoms with Gasteiger partial charge >= 0.3 is 6.03 Å². The summed E-state index contributed by atoms with van der Waals surface area (Å²) in [6, 6.07) is 4.61. The Bertz CT molecular complexity index is 586. The first-order valence-corrected chi connectivity index (χ1v) is 7.20. The first kappa shape index (κ1) is 14.7. The van der Waals surface area contributed by atoms with Gasteiger partial charge in [0.2, 0.25) is 11.8 Å². The predicted octanol–water partition coefficient (Wildman–Crippen LogP) is 2.76. The molecule has 4 amide bonds. The molecule has 0 aromatic heterocycles. The maximum absolute atomic E-state index is 12.4. The van der Waals surface area contributed by atoms with Crippen LogP contribution in [0.1, 0.15) is 25.3 Å². The minimum Gasteiger partial charge on any atom is -0.277 e. The summed E-state index contributed by atoms with van der Waals surface area (Å²) < 4.78 is 0.674. The van der Waals surface area contributed by atoms with Gasteiger partial charge in [0.15, 0.2) is 0 Å². The molecule has 20 heavy (non-hydrogen) atoms. The van der Waals surface area contributed by atoms with E-state index in [1.165, 1.54) is 0 Å². The molecule has 0 aliphatic carbocycles. The number of carbonyl (C=O) groups is 3. The average Bonchev–Trinajstić information content (AvgIpc) is 2.39. The molecule has 1 aliphatic rings. The van der Waals surface area contributed by atoms with Crippen molar-refractivity contribution in [2.24, 2.45) is 5.92 Å². The molecule has 1 N–H and O–H groups in total. The van der Waals surface area contributed by atoms with Crippen molar-refractivity contribution in [3.8, 4) is 0 Å². The summed E-state index contributed by atoms with van der Waals surface area (Å²) in [6.07, 6.45) is 1.12. The third-order valence-corrected chi connectivity index (χ3v) is 4.29. The van der Waals surface area contributed by atoms with E-state index < -0.39 is 23.8 Å². The van der Waals surface area contributed by atoms with Crippen molar-refractivity contribution in [1.82, 2.24) is 5.32 Å². The van der Waals surface area contributed by atoms with Crippen LogP contribution >= 0.6 is 15.9 Å². The van der Waals surface area contributed by atoms with Crippen LogP contribution in [0.2, 0.25) is 0 Å². The topological polar surface area (TPSA) is 66.5 Å². The van der Waals surface area contributed by atoms with Crippen LogP contribution in [0.3, 0.4) is 0 Å². The van der Waals surface area contributed by atoms with Crippen molar-refractivity contribution in [1.29, 1.82) is 0 Å². The minimum atomic E-state index is -0.801. The second-order valence-corrected chi connectivity index (χ2v) is 5.51. The molecule has 1 aliphatic heterocycles. The highest BCUT2D eigenvalue weighted by Crippen LogP contribution is 2.32. The monoisotopic (exact) mass is 338 g/mol. The lowest BCUT2D eigenvalue weighted by Gasteiger charge is -2.30. The zero-order valence-electron chi connectivity index (χ0n) is 11.3. The molecule has 0 spiro atoms. The SMILES string of the molecule is CCCC1C(=O)NC(=O)N(c2cccc(C)c2Br)C1=O. The fourth-order valence-electron chi connectivity index (χ4n) is 2.19. The molecule has 5 nitrogen and oxygen atoms in total. The van der Waals surface area contributed by atoms with E-state index in [-0.39, 0.29) is 0 Å². The van der Waals surface area contributed by atoms with Gasteiger partial charge in [0, 0.05) is 4.47 Å². The summed E-state index contributed by atoms with van der Waals surface area (Å²) in [5, 5.41) is 2.25. The summed E-state index contributed by atoms with van der Waals surface area (Å²) in [7, 11) is 0. The lowest BCUT2D eigenvalue weighted by Crippen LogP contribution is -2.58. The fraction of sp³-hybridized carbons (Fsp3) is 0.357. The molecular formula is C14H15BrN2O3. The van der Waals surface area contributed by atoms with Gasteiger partial charge in [-0.3, -0.25) is 14.9 Å². The zero-order valence-corrected chi connectivity index (χ0v) is 12.9. The summed E-state index contributed by atoms with van der Waals surface area (Å²) in [6.45, 7) is 3.76. The molecule has 1 atom stereocenters. The lowest BCUT2D eigenvalue weighted by molar-refractivity contribution is -0.134. The Balaban J connectivity index is 2.44. The van der Waals surface area contributed by atoms with Crippen LogP contribution in [0.15, 0.2) is 22.7 Å². The summed E-state index contributed by atoms with van der Waals surface area (Å²) >= 11 is 3.39. The van der Waals surface area contributed by atoms with Crippen LogP contribution in [0.5, 0.6) is 0 Å². The number of halogens is 1. The molecule has 1 fully saturated rings. The fourth-order valence-corrected chi connectivity index (χ4v) is 2.63. The van der Waals surface area contributed by atoms with Gasteiger partial charge < -0.3 is 0 Å². The number of aryl methyl sites for hydroxylation is 1. The molecule has 1 saturated heterocycles. The summed E-state index contributed by atoms with van der Waals surface area (Å²) in [5.74, 6) is -1.78. The van der Waals surface area contributed by atoms with E-state index in [2.05, 4.69) is 21.2 Å². The number of nitrogens with zero attached hydrogens (tertiary/aromatic N) is 1. The molecule has 1 aromatic carbocycles. The largest absolute Gasteiger partial charge is 0.335 e. The van der Waals surface area contributed by atoms with Crippen LogP contribution in [0.4, 0.5) is 10.5 Å². The molecule has 0 radical (unpaired) electrons. The predicted molar refractivity (Wildman–Crippen MR) is 78.3 cm³/mol. The minimum absolute atomic E-state index is 0.428. The van der Waals surface area contributed by atoms with E-state index >= 15 is 0 Å². The first-order valence-electron chi connectivity index (χ1n) is 6.41. The highest BCUT2D eigenvalue weighted by atomic mass is 79.9. The van der Waals surface area contributed by atoms with Crippen molar-refractivity contribution in [2.75, 3.05) is 4.90 Å². The summed E-state index contributed by atoms with van der Waals surface area (Å²) in [4.78, 5) is 37.2. The number of nitrogens with one attached hydrogen (secondary N) is 1.